The molecule has 0 amide bonds. The number of rotatable bonds is 6. The number of benzene rings is 1. The van der Waals surface area contributed by atoms with Gasteiger partial charge in [-0.25, -0.2) is 0 Å². The van der Waals surface area contributed by atoms with Gasteiger partial charge in [-0.15, -0.1) is 6.58 Å². The molecule has 0 spiro atoms. The number of hydrogen-bond acceptors (Lipinski definition) is 1. The van der Waals surface area contributed by atoms with Crippen LogP contribution in [0.5, 0.6) is 5.75 Å². The van der Waals surface area contributed by atoms with Crippen LogP contribution in [0.1, 0.15) is 69.1 Å². The number of unbranched alkanes of at least 4 members (excludes halogenated alkanes) is 1. The minimum absolute atomic E-state index is 0.363. The highest BCUT2D eigenvalue weighted by Crippen LogP contribution is 2.35. The lowest BCUT2D eigenvalue weighted by molar-refractivity contribution is 0.454. The van der Waals surface area contributed by atoms with E-state index in [-0.39, 0.29) is 0 Å². The molecule has 1 nitrogen and oxygen atoms in total. The number of aryl methyl sites for hydroxylation is 1. The van der Waals surface area contributed by atoms with Crippen molar-refractivity contribution in [1.82, 2.24) is 0 Å². The van der Waals surface area contributed by atoms with Crippen LogP contribution in [-0.2, 0) is 6.42 Å². The van der Waals surface area contributed by atoms with Crippen molar-refractivity contribution in [3.8, 4) is 5.75 Å². The van der Waals surface area contributed by atoms with Crippen LogP contribution in [0.3, 0.4) is 0 Å². The van der Waals surface area contributed by atoms with E-state index in [2.05, 4.69) is 46.4 Å². The molecule has 0 radical (unpaired) electrons. The highest BCUT2D eigenvalue weighted by Gasteiger charge is 2.14. The van der Waals surface area contributed by atoms with E-state index < -0.39 is 0 Å². The first-order valence-corrected chi connectivity index (χ1v) is 6.94. The third-order valence-corrected chi connectivity index (χ3v) is 3.35. The van der Waals surface area contributed by atoms with Crippen LogP contribution in [0.4, 0.5) is 0 Å². The normalized spacial score (nSPS) is 11.2. The molecule has 0 aliphatic heterocycles. The number of hydrogen-bond donors (Lipinski definition) is 1. The zero-order chi connectivity index (χ0) is 13.7. The number of aromatic hydroxyl groups is 1. The van der Waals surface area contributed by atoms with Crippen molar-refractivity contribution in [3.63, 3.8) is 0 Å². The molecule has 0 aliphatic carbocycles. The predicted octanol–water partition coefficient (Wildman–Crippen LogP) is 5.15. The lowest BCUT2D eigenvalue weighted by Crippen LogP contribution is -1.99. The smallest absolute Gasteiger partial charge is 0.122 e. The van der Waals surface area contributed by atoms with Gasteiger partial charge in [0, 0.05) is 0 Å². The second-order valence-electron chi connectivity index (χ2n) is 5.61. The first-order valence-electron chi connectivity index (χ1n) is 6.94. The highest BCUT2D eigenvalue weighted by atomic mass is 16.3. The molecule has 0 fully saturated rings. The molecule has 0 atom stereocenters. The van der Waals surface area contributed by atoms with Crippen molar-refractivity contribution < 1.29 is 5.11 Å². The van der Waals surface area contributed by atoms with Gasteiger partial charge in [0.2, 0.25) is 0 Å². The minimum Gasteiger partial charge on any atom is -0.507 e. The summed E-state index contributed by atoms with van der Waals surface area (Å²) in [7, 11) is 0. The molecule has 1 rings (SSSR count). The average molecular weight is 246 g/mol. The maximum atomic E-state index is 10.3. The summed E-state index contributed by atoms with van der Waals surface area (Å²) in [5.41, 5.74) is 3.49. The molecule has 1 aromatic carbocycles. The summed E-state index contributed by atoms with van der Waals surface area (Å²) in [4.78, 5) is 0. The van der Waals surface area contributed by atoms with Gasteiger partial charge >= 0.3 is 0 Å². The maximum Gasteiger partial charge on any atom is 0.122 e. The van der Waals surface area contributed by atoms with Crippen LogP contribution in [0, 0.1) is 0 Å². The SMILES string of the molecule is C=CCCCc1cc(C(C)C)c(O)c(C(C)C)c1. The summed E-state index contributed by atoms with van der Waals surface area (Å²) in [5, 5.41) is 10.3. The van der Waals surface area contributed by atoms with Crippen LogP contribution in [0.2, 0.25) is 0 Å². The Morgan fingerprint density at radius 1 is 1.11 bits per heavy atom. The monoisotopic (exact) mass is 246 g/mol. The van der Waals surface area contributed by atoms with Crippen LogP contribution >= 0.6 is 0 Å². The van der Waals surface area contributed by atoms with E-state index in [1.165, 1.54) is 5.56 Å². The third-order valence-electron chi connectivity index (χ3n) is 3.35. The quantitative estimate of drug-likeness (QED) is 0.544. The summed E-state index contributed by atoms with van der Waals surface area (Å²) in [6, 6.07) is 4.32. The Morgan fingerprint density at radius 2 is 1.61 bits per heavy atom. The Morgan fingerprint density at radius 3 is 2.00 bits per heavy atom. The molecular weight excluding hydrogens is 220 g/mol. The average Bonchev–Trinajstić information content (AvgIpc) is 2.30. The fourth-order valence-corrected chi connectivity index (χ4v) is 2.22. The van der Waals surface area contributed by atoms with Gasteiger partial charge in [0.25, 0.3) is 0 Å². The predicted molar refractivity (Wildman–Crippen MR) is 79.4 cm³/mol. The van der Waals surface area contributed by atoms with E-state index in [0.29, 0.717) is 17.6 Å². The van der Waals surface area contributed by atoms with Crippen molar-refractivity contribution in [3.05, 3.63) is 41.5 Å². The van der Waals surface area contributed by atoms with Gasteiger partial charge in [-0.05, 0) is 47.8 Å². The van der Waals surface area contributed by atoms with Gasteiger partial charge < -0.3 is 5.11 Å². The lowest BCUT2D eigenvalue weighted by Gasteiger charge is -2.17. The van der Waals surface area contributed by atoms with Crippen molar-refractivity contribution in [2.24, 2.45) is 0 Å². The van der Waals surface area contributed by atoms with Gasteiger partial charge in [-0.2, -0.15) is 0 Å². The maximum absolute atomic E-state index is 10.3. The molecule has 0 saturated heterocycles. The Balaban J connectivity index is 3.08. The van der Waals surface area contributed by atoms with Gasteiger partial charge in [-0.1, -0.05) is 45.9 Å². The zero-order valence-corrected chi connectivity index (χ0v) is 12.2. The first kappa shape index (κ1) is 14.8. The second-order valence-corrected chi connectivity index (χ2v) is 5.61. The largest absolute Gasteiger partial charge is 0.507 e. The molecule has 100 valence electrons. The Bertz CT molecular complexity index is 373. The molecule has 1 heteroatoms. The van der Waals surface area contributed by atoms with E-state index >= 15 is 0 Å². The molecule has 0 heterocycles. The summed E-state index contributed by atoms with van der Waals surface area (Å²) in [6.07, 6.45) is 5.21. The van der Waals surface area contributed by atoms with Crippen molar-refractivity contribution >= 4 is 0 Å². The van der Waals surface area contributed by atoms with E-state index in [9.17, 15) is 5.11 Å². The number of phenols is 1. The van der Waals surface area contributed by atoms with Crippen LogP contribution in [-0.4, -0.2) is 5.11 Å². The van der Waals surface area contributed by atoms with Crippen molar-refractivity contribution in [2.45, 2.75) is 58.8 Å². The molecule has 0 aliphatic rings. The second kappa shape index (κ2) is 6.63. The summed E-state index contributed by atoms with van der Waals surface area (Å²) in [6.45, 7) is 12.3. The molecule has 18 heavy (non-hydrogen) atoms. The van der Waals surface area contributed by atoms with E-state index in [1.54, 1.807) is 0 Å². The standard InChI is InChI=1S/C17H26O/c1-6-7-8-9-14-10-15(12(2)3)17(18)16(11-14)13(4)5/h6,10-13,18H,1,7-9H2,2-5H3. The Kier molecular flexibility index (Phi) is 5.46. The van der Waals surface area contributed by atoms with Crippen LogP contribution in [0.15, 0.2) is 24.8 Å². The van der Waals surface area contributed by atoms with Crippen LogP contribution < -0.4 is 0 Å². The van der Waals surface area contributed by atoms with Gasteiger partial charge in [0.1, 0.15) is 5.75 Å². The molecule has 0 unspecified atom stereocenters. The molecular formula is C17H26O. The van der Waals surface area contributed by atoms with E-state index in [1.807, 2.05) is 6.08 Å². The fraction of sp³-hybridized carbons (Fsp3) is 0.529. The Hall–Kier alpha value is -1.24. The van der Waals surface area contributed by atoms with E-state index in [4.69, 9.17) is 0 Å². The van der Waals surface area contributed by atoms with Gasteiger partial charge in [0.05, 0.1) is 0 Å². The van der Waals surface area contributed by atoms with Crippen molar-refractivity contribution in [2.75, 3.05) is 0 Å². The molecule has 0 aromatic heterocycles. The van der Waals surface area contributed by atoms with Gasteiger partial charge in [-0.3, -0.25) is 0 Å². The minimum atomic E-state index is 0.363. The van der Waals surface area contributed by atoms with Gasteiger partial charge in [0.15, 0.2) is 0 Å². The summed E-state index contributed by atoms with van der Waals surface area (Å²) >= 11 is 0. The van der Waals surface area contributed by atoms with Crippen molar-refractivity contribution in [1.29, 1.82) is 0 Å². The highest BCUT2D eigenvalue weighted by molar-refractivity contribution is 5.46. The molecule has 0 saturated carbocycles. The molecule has 1 N–H and O–H groups in total. The first-order chi connectivity index (χ1) is 8.47. The third kappa shape index (κ3) is 3.63. The Labute approximate surface area is 112 Å². The summed E-state index contributed by atoms with van der Waals surface area (Å²) < 4.78 is 0. The zero-order valence-electron chi connectivity index (χ0n) is 12.2. The van der Waals surface area contributed by atoms with E-state index in [0.717, 1.165) is 30.4 Å². The molecule has 1 aromatic rings. The fourth-order valence-electron chi connectivity index (χ4n) is 2.22. The number of allylic oxidation sites excluding steroid dienone is 1. The number of phenolic OH excluding ortho intramolecular Hbond substituents is 1. The van der Waals surface area contributed by atoms with Crippen LogP contribution in [0.25, 0.3) is 0 Å². The molecule has 0 bridgehead atoms. The summed E-state index contributed by atoms with van der Waals surface area (Å²) in [5.74, 6) is 1.22. The lowest BCUT2D eigenvalue weighted by atomic mass is 9.90. The topological polar surface area (TPSA) is 20.2 Å².